The predicted octanol–water partition coefficient (Wildman–Crippen LogP) is 2.44. The Morgan fingerprint density at radius 2 is 1.83 bits per heavy atom. The SMILES string of the molecule is Cc1n[nH]c(C)c1CCc1n[nH]c(=O)n1[C@H](C)c1ccc(F)cc1. The second-order valence-corrected chi connectivity index (χ2v) is 5.96. The van der Waals surface area contributed by atoms with Crippen molar-refractivity contribution in [3.8, 4) is 0 Å². The van der Waals surface area contributed by atoms with Gasteiger partial charge in [-0.25, -0.2) is 14.3 Å². The van der Waals surface area contributed by atoms with Crippen LogP contribution < -0.4 is 5.69 Å². The van der Waals surface area contributed by atoms with Crippen molar-refractivity contribution in [1.82, 2.24) is 25.0 Å². The Morgan fingerprint density at radius 3 is 2.46 bits per heavy atom. The van der Waals surface area contributed by atoms with Crippen LogP contribution in [0.2, 0.25) is 0 Å². The van der Waals surface area contributed by atoms with E-state index in [1.165, 1.54) is 12.1 Å². The molecule has 3 rings (SSSR count). The number of hydrogen-bond donors (Lipinski definition) is 2. The maximum absolute atomic E-state index is 13.1. The van der Waals surface area contributed by atoms with Crippen LogP contribution in [0.1, 0.15) is 41.3 Å². The molecule has 0 fully saturated rings. The fraction of sp³-hybridized carbons (Fsp3) is 0.353. The molecule has 3 aromatic rings. The average Bonchev–Trinajstić information content (AvgIpc) is 3.08. The van der Waals surface area contributed by atoms with Gasteiger partial charge in [0, 0.05) is 12.1 Å². The summed E-state index contributed by atoms with van der Waals surface area (Å²) in [7, 11) is 0. The number of H-pyrrole nitrogens is 2. The van der Waals surface area contributed by atoms with E-state index in [4.69, 9.17) is 0 Å². The summed E-state index contributed by atoms with van der Waals surface area (Å²) in [5, 5.41) is 13.8. The summed E-state index contributed by atoms with van der Waals surface area (Å²) in [5.74, 6) is 0.383. The number of aromatic amines is 2. The Balaban J connectivity index is 1.86. The van der Waals surface area contributed by atoms with E-state index in [9.17, 15) is 9.18 Å². The highest BCUT2D eigenvalue weighted by Crippen LogP contribution is 2.19. The molecule has 0 bridgehead atoms. The summed E-state index contributed by atoms with van der Waals surface area (Å²) in [6.07, 6.45) is 1.36. The lowest BCUT2D eigenvalue weighted by Gasteiger charge is -2.15. The van der Waals surface area contributed by atoms with Crippen molar-refractivity contribution in [2.24, 2.45) is 0 Å². The summed E-state index contributed by atoms with van der Waals surface area (Å²) in [6, 6.07) is 5.95. The number of benzene rings is 1. The van der Waals surface area contributed by atoms with Crippen LogP contribution in [0, 0.1) is 19.7 Å². The molecule has 7 heteroatoms. The first-order valence-corrected chi connectivity index (χ1v) is 7.89. The zero-order valence-electron chi connectivity index (χ0n) is 13.9. The van der Waals surface area contributed by atoms with Crippen molar-refractivity contribution in [1.29, 1.82) is 0 Å². The minimum atomic E-state index is -0.295. The predicted molar refractivity (Wildman–Crippen MR) is 88.5 cm³/mol. The van der Waals surface area contributed by atoms with Crippen LogP contribution in [-0.2, 0) is 12.8 Å². The first-order valence-electron chi connectivity index (χ1n) is 7.89. The molecule has 0 aliphatic rings. The van der Waals surface area contributed by atoms with Gasteiger partial charge in [0.25, 0.3) is 0 Å². The number of aromatic nitrogens is 5. The summed E-state index contributed by atoms with van der Waals surface area (Å²) >= 11 is 0. The van der Waals surface area contributed by atoms with Gasteiger partial charge >= 0.3 is 5.69 Å². The van der Waals surface area contributed by atoms with Crippen molar-refractivity contribution in [2.45, 2.75) is 39.7 Å². The molecule has 0 aliphatic heterocycles. The van der Waals surface area contributed by atoms with Crippen LogP contribution >= 0.6 is 0 Å². The second-order valence-electron chi connectivity index (χ2n) is 5.96. The van der Waals surface area contributed by atoms with Gasteiger partial charge in [-0.3, -0.25) is 9.67 Å². The molecule has 0 unspecified atom stereocenters. The maximum atomic E-state index is 13.1. The lowest BCUT2D eigenvalue weighted by atomic mass is 10.1. The Kier molecular flexibility index (Phi) is 4.33. The molecule has 1 atom stereocenters. The first-order chi connectivity index (χ1) is 11.5. The van der Waals surface area contributed by atoms with Gasteiger partial charge in [-0.1, -0.05) is 12.1 Å². The van der Waals surface area contributed by atoms with Gasteiger partial charge in [-0.15, -0.1) is 0 Å². The molecular weight excluding hydrogens is 309 g/mol. The number of hydrogen-bond acceptors (Lipinski definition) is 3. The topological polar surface area (TPSA) is 79.4 Å². The Bertz CT molecular complexity index is 871. The van der Waals surface area contributed by atoms with E-state index >= 15 is 0 Å². The molecule has 0 aliphatic carbocycles. The van der Waals surface area contributed by atoms with E-state index < -0.39 is 0 Å². The van der Waals surface area contributed by atoms with E-state index in [1.807, 2.05) is 20.8 Å². The highest BCUT2D eigenvalue weighted by Gasteiger charge is 2.17. The minimum absolute atomic E-state index is 0.224. The summed E-state index contributed by atoms with van der Waals surface area (Å²) in [5.41, 5.74) is 3.73. The number of rotatable bonds is 5. The summed E-state index contributed by atoms with van der Waals surface area (Å²) in [4.78, 5) is 12.2. The molecule has 126 valence electrons. The third kappa shape index (κ3) is 3.02. The van der Waals surface area contributed by atoms with Gasteiger partial charge in [0.2, 0.25) is 0 Å². The Hall–Kier alpha value is -2.70. The van der Waals surface area contributed by atoms with Gasteiger partial charge in [-0.05, 0) is 50.5 Å². The fourth-order valence-electron chi connectivity index (χ4n) is 2.98. The number of nitrogens with zero attached hydrogens (tertiary/aromatic N) is 3. The van der Waals surface area contributed by atoms with Crippen molar-refractivity contribution < 1.29 is 4.39 Å². The smallest absolute Gasteiger partial charge is 0.282 e. The molecule has 24 heavy (non-hydrogen) atoms. The minimum Gasteiger partial charge on any atom is -0.282 e. The zero-order valence-corrected chi connectivity index (χ0v) is 13.9. The Labute approximate surface area is 138 Å². The largest absolute Gasteiger partial charge is 0.343 e. The molecule has 0 saturated carbocycles. The normalized spacial score (nSPS) is 12.5. The van der Waals surface area contributed by atoms with Crippen LogP contribution in [0.15, 0.2) is 29.1 Å². The van der Waals surface area contributed by atoms with Gasteiger partial charge in [-0.2, -0.15) is 10.2 Å². The third-order valence-corrected chi connectivity index (χ3v) is 4.40. The lowest BCUT2D eigenvalue weighted by molar-refractivity contribution is 0.577. The van der Waals surface area contributed by atoms with Crippen molar-refractivity contribution >= 4 is 0 Å². The highest BCUT2D eigenvalue weighted by molar-refractivity contribution is 5.24. The van der Waals surface area contributed by atoms with Crippen LogP contribution in [-0.4, -0.2) is 25.0 Å². The van der Waals surface area contributed by atoms with E-state index in [0.717, 1.165) is 28.9 Å². The molecule has 0 radical (unpaired) electrons. The molecule has 0 saturated heterocycles. The van der Waals surface area contributed by atoms with E-state index in [0.29, 0.717) is 12.2 Å². The Morgan fingerprint density at radius 1 is 1.12 bits per heavy atom. The van der Waals surface area contributed by atoms with E-state index in [1.54, 1.807) is 16.7 Å². The summed E-state index contributed by atoms with van der Waals surface area (Å²) in [6.45, 7) is 5.84. The zero-order chi connectivity index (χ0) is 17.3. The van der Waals surface area contributed by atoms with Crippen LogP contribution in [0.25, 0.3) is 0 Å². The summed E-state index contributed by atoms with van der Waals surface area (Å²) < 4.78 is 14.7. The number of halogens is 1. The first kappa shape index (κ1) is 16.2. The van der Waals surface area contributed by atoms with Crippen molar-refractivity contribution in [2.75, 3.05) is 0 Å². The molecule has 0 amide bonds. The molecule has 2 N–H and O–H groups in total. The van der Waals surface area contributed by atoms with E-state index in [2.05, 4.69) is 20.4 Å². The molecule has 2 heterocycles. The van der Waals surface area contributed by atoms with Crippen molar-refractivity contribution in [3.05, 3.63) is 68.9 Å². The number of aryl methyl sites for hydroxylation is 3. The van der Waals surface area contributed by atoms with Crippen LogP contribution in [0.3, 0.4) is 0 Å². The number of nitrogens with one attached hydrogen (secondary N) is 2. The van der Waals surface area contributed by atoms with Gasteiger partial charge in [0.15, 0.2) is 0 Å². The van der Waals surface area contributed by atoms with Crippen LogP contribution in [0.4, 0.5) is 4.39 Å². The molecular formula is C17H20FN5O. The third-order valence-electron chi connectivity index (χ3n) is 4.40. The maximum Gasteiger partial charge on any atom is 0.343 e. The lowest BCUT2D eigenvalue weighted by Crippen LogP contribution is -2.23. The molecule has 0 spiro atoms. The van der Waals surface area contributed by atoms with Crippen LogP contribution in [0.5, 0.6) is 0 Å². The second kappa shape index (κ2) is 6.43. The standard InChI is InChI=1S/C17H20FN5O/c1-10-15(11(2)20-19-10)8-9-16-21-22-17(24)23(16)12(3)13-4-6-14(18)7-5-13/h4-7,12H,8-9H2,1-3H3,(H,19,20)(H,22,24)/t12-/m1/s1. The monoisotopic (exact) mass is 329 g/mol. The van der Waals surface area contributed by atoms with Gasteiger partial charge in [0.1, 0.15) is 11.6 Å². The van der Waals surface area contributed by atoms with Gasteiger partial charge < -0.3 is 0 Å². The van der Waals surface area contributed by atoms with Crippen molar-refractivity contribution in [3.63, 3.8) is 0 Å². The van der Waals surface area contributed by atoms with E-state index in [-0.39, 0.29) is 17.5 Å². The van der Waals surface area contributed by atoms with Gasteiger partial charge in [0.05, 0.1) is 11.7 Å². The highest BCUT2D eigenvalue weighted by atomic mass is 19.1. The molecule has 6 nitrogen and oxygen atoms in total. The quantitative estimate of drug-likeness (QED) is 0.754. The molecule has 2 aromatic heterocycles. The average molecular weight is 329 g/mol. The fourth-order valence-corrected chi connectivity index (χ4v) is 2.98. The molecule has 1 aromatic carbocycles.